The van der Waals surface area contributed by atoms with Crippen molar-refractivity contribution in [3.8, 4) is 11.5 Å². The van der Waals surface area contributed by atoms with Crippen molar-refractivity contribution < 1.29 is 24.2 Å². The van der Waals surface area contributed by atoms with E-state index >= 15 is 0 Å². The van der Waals surface area contributed by atoms with Crippen LogP contribution in [-0.2, 0) is 9.59 Å². The molecular formula is C23H24ClNO5. The molecule has 3 rings (SSSR count). The Bertz CT molecular complexity index is 984. The fourth-order valence-electron chi connectivity index (χ4n) is 3.57. The van der Waals surface area contributed by atoms with Gasteiger partial charge in [0, 0.05) is 17.1 Å². The molecule has 2 aromatic carbocycles. The molecule has 1 amide bonds. The average molecular weight is 430 g/mol. The van der Waals surface area contributed by atoms with Crippen LogP contribution in [0, 0.1) is 0 Å². The van der Waals surface area contributed by atoms with Gasteiger partial charge in [-0.15, -0.1) is 0 Å². The van der Waals surface area contributed by atoms with Crippen LogP contribution in [0.4, 0.5) is 0 Å². The normalized spacial score (nSPS) is 18.0. The van der Waals surface area contributed by atoms with Gasteiger partial charge in [-0.3, -0.25) is 9.59 Å². The number of rotatable bonds is 7. The van der Waals surface area contributed by atoms with Gasteiger partial charge in [0.25, 0.3) is 11.7 Å². The van der Waals surface area contributed by atoms with Gasteiger partial charge in [0.2, 0.25) is 0 Å². The van der Waals surface area contributed by atoms with Crippen molar-refractivity contribution in [3.05, 3.63) is 64.2 Å². The summed E-state index contributed by atoms with van der Waals surface area (Å²) in [5, 5.41) is 11.6. The molecule has 0 saturated carbocycles. The number of halogens is 1. The van der Waals surface area contributed by atoms with Crippen molar-refractivity contribution in [2.45, 2.75) is 25.8 Å². The molecule has 1 unspecified atom stereocenters. The predicted molar refractivity (Wildman–Crippen MR) is 115 cm³/mol. The number of aliphatic hydroxyl groups excluding tert-OH is 1. The van der Waals surface area contributed by atoms with E-state index in [-0.39, 0.29) is 11.3 Å². The Labute approximate surface area is 180 Å². The fourth-order valence-corrected chi connectivity index (χ4v) is 3.70. The first-order valence-electron chi connectivity index (χ1n) is 9.69. The lowest BCUT2D eigenvalue weighted by Gasteiger charge is -2.25. The minimum Gasteiger partial charge on any atom is -0.507 e. The van der Waals surface area contributed by atoms with Gasteiger partial charge in [-0.05, 0) is 42.3 Å². The van der Waals surface area contributed by atoms with E-state index in [2.05, 4.69) is 0 Å². The van der Waals surface area contributed by atoms with Gasteiger partial charge in [0.1, 0.15) is 5.76 Å². The number of Topliss-reactive ketones (excluding diaryl/α,β-unsaturated/α-hetero) is 1. The van der Waals surface area contributed by atoms with Gasteiger partial charge >= 0.3 is 0 Å². The summed E-state index contributed by atoms with van der Waals surface area (Å²) in [5.41, 5.74) is 1.11. The molecule has 1 fully saturated rings. The summed E-state index contributed by atoms with van der Waals surface area (Å²) in [7, 11) is 3.00. The second kappa shape index (κ2) is 9.22. The van der Waals surface area contributed by atoms with E-state index in [4.69, 9.17) is 21.1 Å². The monoisotopic (exact) mass is 429 g/mol. The summed E-state index contributed by atoms with van der Waals surface area (Å²) in [5.74, 6) is -0.687. The number of methoxy groups -OCH3 is 2. The van der Waals surface area contributed by atoms with Crippen LogP contribution in [0.25, 0.3) is 5.76 Å². The first-order valence-corrected chi connectivity index (χ1v) is 10.1. The third-order valence-corrected chi connectivity index (χ3v) is 5.39. The third kappa shape index (κ3) is 4.00. The van der Waals surface area contributed by atoms with Crippen LogP contribution in [0.2, 0.25) is 5.02 Å². The summed E-state index contributed by atoms with van der Waals surface area (Å²) >= 11 is 6.02. The molecule has 1 N–H and O–H groups in total. The van der Waals surface area contributed by atoms with Crippen LogP contribution in [0.15, 0.2) is 48.0 Å². The van der Waals surface area contributed by atoms with Gasteiger partial charge in [-0.1, -0.05) is 37.1 Å². The average Bonchev–Trinajstić information content (AvgIpc) is 3.01. The quantitative estimate of drug-likeness (QED) is 0.396. The molecule has 1 atom stereocenters. The molecule has 1 heterocycles. The Balaban J connectivity index is 2.16. The number of hydrogen-bond acceptors (Lipinski definition) is 5. The molecule has 0 spiro atoms. The number of benzene rings is 2. The third-order valence-electron chi connectivity index (χ3n) is 5.14. The highest BCUT2D eigenvalue weighted by molar-refractivity contribution is 6.46. The minimum absolute atomic E-state index is 0.0469. The highest BCUT2D eigenvalue weighted by Crippen LogP contribution is 2.41. The molecule has 30 heavy (non-hydrogen) atoms. The van der Waals surface area contributed by atoms with Gasteiger partial charge in [0.15, 0.2) is 11.5 Å². The zero-order chi connectivity index (χ0) is 21.8. The SMILES string of the molecule is CCCCN1C(=O)C(=O)/C(=C(\O)c2ccc(OC)c(OC)c2)C1c1ccc(Cl)cc1. The van der Waals surface area contributed by atoms with Crippen molar-refractivity contribution in [2.24, 2.45) is 0 Å². The molecule has 0 aliphatic carbocycles. The number of unbranched alkanes of at least 4 members (excludes halogenated alkanes) is 1. The maximum absolute atomic E-state index is 12.9. The largest absolute Gasteiger partial charge is 0.507 e. The van der Waals surface area contributed by atoms with Crippen LogP contribution >= 0.6 is 11.6 Å². The summed E-state index contributed by atoms with van der Waals surface area (Å²) in [4.78, 5) is 27.2. The molecule has 1 aliphatic heterocycles. The van der Waals surface area contributed by atoms with Crippen molar-refractivity contribution in [3.63, 3.8) is 0 Å². The van der Waals surface area contributed by atoms with Gasteiger partial charge in [-0.25, -0.2) is 0 Å². The zero-order valence-electron chi connectivity index (χ0n) is 17.1. The van der Waals surface area contributed by atoms with E-state index in [9.17, 15) is 14.7 Å². The summed E-state index contributed by atoms with van der Waals surface area (Å²) in [6, 6.07) is 11.1. The number of carbonyl (C=O) groups excluding carboxylic acids is 2. The Morgan fingerprint density at radius 2 is 1.73 bits per heavy atom. The standard InChI is InChI=1S/C23H24ClNO5/c1-4-5-12-25-20(14-6-9-16(24)10-7-14)19(22(27)23(25)28)21(26)15-8-11-17(29-2)18(13-15)30-3/h6-11,13,20,26H,4-5,12H2,1-3H3/b21-19-. The highest BCUT2D eigenvalue weighted by atomic mass is 35.5. The Hall–Kier alpha value is -2.99. The van der Waals surface area contributed by atoms with E-state index in [0.717, 1.165) is 12.8 Å². The lowest BCUT2D eigenvalue weighted by molar-refractivity contribution is -0.139. The molecule has 1 aliphatic rings. The molecule has 0 radical (unpaired) electrons. The molecule has 6 nitrogen and oxygen atoms in total. The second-order valence-corrected chi connectivity index (χ2v) is 7.40. The van der Waals surface area contributed by atoms with Gasteiger partial charge in [0.05, 0.1) is 25.8 Å². The van der Waals surface area contributed by atoms with Crippen LogP contribution in [-0.4, -0.2) is 42.5 Å². The Morgan fingerprint density at radius 3 is 2.33 bits per heavy atom. The molecule has 1 saturated heterocycles. The van der Waals surface area contributed by atoms with E-state index in [0.29, 0.717) is 34.2 Å². The molecule has 7 heteroatoms. The van der Waals surface area contributed by atoms with Crippen LogP contribution in [0.3, 0.4) is 0 Å². The molecule has 0 bridgehead atoms. The number of nitrogens with zero attached hydrogens (tertiary/aromatic N) is 1. The summed E-state index contributed by atoms with van der Waals surface area (Å²) in [6.45, 7) is 2.43. The number of ketones is 1. The number of aliphatic hydroxyl groups is 1. The Morgan fingerprint density at radius 1 is 1.07 bits per heavy atom. The highest BCUT2D eigenvalue weighted by Gasteiger charge is 2.45. The van der Waals surface area contributed by atoms with Crippen LogP contribution in [0.5, 0.6) is 11.5 Å². The zero-order valence-corrected chi connectivity index (χ0v) is 17.9. The number of carbonyl (C=O) groups is 2. The first kappa shape index (κ1) is 21.7. The predicted octanol–water partition coefficient (Wildman–Crippen LogP) is 4.58. The number of amides is 1. The van der Waals surface area contributed by atoms with Crippen molar-refractivity contribution in [1.29, 1.82) is 0 Å². The second-order valence-electron chi connectivity index (χ2n) is 6.97. The van der Waals surface area contributed by atoms with E-state index in [1.54, 1.807) is 42.5 Å². The summed E-state index contributed by atoms with van der Waals surface area (Å²) < 4.78 is 10.5. The van der Waals surface area contributed by atoms with Crippen molar-refractivity contribution in [2.75, 3.05) is 20.8 Å². The molecule has 0 aromatic heterocycles. The van der Waals surface area contributed by atoms with Gasteiger partial charge < -0.3 is 19.5 Å². The van der Waals surface area contributed by atoms with Crippen LogP contribution in [0.1, 0.15) is 36.9 Å². The maximum Gasteiger partial charge on any atom is 0.295 e. The molecular weight excluding hydrogens is 406 g/mol. The molecule has 2 aromatic rings. The van der Waals surface area contributed by atoms with Crippen LogP contribution < -0.4 is 9.47 Å². The molecule has 158 valence electrons. The smallest absolute Gasteiger partial charge is 0.295 e. The van der Waals surface area contributed by atoms with Crippen molar-refractivity contribution >= 4 is 29.1 Å². The van der Waals surface area contributed by atoms with E-state index in [1.807, 2.05) is 6.92 Å². The number of likely N-dealkylation sites (tertiary alicyclic amines) is 1. The lowest BCUT2D eigenvalue weighted by Crippen LogP contribution is -2.30. The lowest BCUT2D eigenvalue weighted by atomic mass is 9.95. The Kier molecular flexibility index (Phi) is 6.67. The topological polar surface area (TPSA) is 76.1 Å². The van der Waals surface area contributed by atoms with E-state index < -0.39 is 17.7 Å². The van der Waals surface area contributed by atoms with Crippen molar-refractivity contribution in [1.82, 2.24) is 4.90 Å². The summed E-state index contributed by atoms with van der Waals surface area (Å²) in [6.07, 6.45) is 1.61. The van der Waals surface area contributed by atoms with E-state index in [1.165, 1.54) is 19.1 Å². The maximum atomic E-state index is 12.9. The number of hydrogen-bond donors (Lipinski definition) is 1. The minimum atomic E-state index is -0.710. The first-order chi connectivity index (χ1) is 14.4. The number of ether oxygens (including phenoxy) is 2. The van der Waals surface area contributed by atoms with Gasteiger partial charge in [-0.2, -0.15) is 0 Å². The fraction of sp³-hybridized carbons (Fsp3) is 0.304.